The van der Waals surface area contributed by atoms with Gasteiger partial charge in [0.05, 0.1) is 11.4 Å². The lowest BCUT2D eigenvalue weighted by atomic mass is 10.3. The minimum atomic E-state index is -0.753. The summed E-state index contributed by atoms with van der Waals surface area (Å²) in [6.45, 7) is 2.00. The van der Waals surface area contributed by atoms with Crippen molar-refractivity contribution in [3.8, 4) is 5.75 Å². The van der Waals surface area contributed by atoms with Crippen molar-refractivity contribution in [2.75, 3.05) is 0 Å². The second kappa shape index (κ2) is 7.40. The van der Waals surface area contributed by atoms with Crippen molar-refractivity contribution in [1.29, 1.82) is 0 Å². The van der Waals surface area contributed by atoms with Gasteiger partial charge in [-0.25, -0.2) is 0 Å². The molecule has 104 valence electrons. The molecule has 0 aliphatic rings. The SMILES string of the molecule is CCCC(O)Oc1ccc(/N=N/c2ccccc2)cc1. The number of nitrogens with zero attached hydrogens (tertiary/aromatic N) is 2. The molecule has 0 aliphatic carbocycles. The molecule has 1 unspecified atom stereocenters. The molecule has 0 saturated carbocycles. The maximum absolute atomic E-state index is 9.56. The summed E-state index contributed by atoms with van der Waals surface area (Å²) in [5, 5.41) is 17.8. The van der Waals surface area contributed by atoms with Crippen LogP contribution in [-0.2, 0) is 0 Å². The van der Waals surface area contributed by atoms with Gasteiger partial charge in [-0.15, -0.1) is 0 Å². The van der Waals surface area contributed by atoms with Gasteiger partial charge in [-0.3, -0.25) is 0 Å². The Bertz CT molecular complexity index is 538. The third kappa shape index (κ3) is 4.48. The Morgan fingerprint density at radius 2 is 1.55 bits per heavy atom. The highest BCUT2D eigenvalue weighted by molar-refractivity contribution is 5.42. The van der Waals surface area contributed by atoms with E-state index >= 15 is 0 Å². The summed E-state index contributed by atoms with van der Waals surface area (Å²) in [5.41, 5.74) is 1.55. The van der Waals surface area contributed by atoms with E-state index in [9.17, 15) is 5.11 Å². The van der Waals surface area contributed by atoms with E-state index in [-0.39, 0.29) is 0 Å². The predicted octanol–water partition coefficient (Wildman–Crippen LogP) is 4.60. The van der Waals surface area contributed by atoms with E-state index in [1.165, 1.54) is 0 Å². The number of azo groups is 1. The van der Waals surface area contributed by atoms with Crippen LogP contribution in [0.4, 0.5) is 11.4 Å². The van der Waals surface area contributed by atoms with Gasteiger partial charge in [0.2, 0.25) is 0 Å². The molecule has 0 radical (unpaired) electrons. The standard InChI is InChI=1S/C16H18N2O2/c1-2-6-16(19)20-15-11-9-14(10-12-15)18-17-13-7-4-3-5-8-13/h3-5,7-12,16,19H,2,6H2,1H3/b18-17+. The zero-order chi connectivity index (χ0) is 14.2. The summed E-state index contributed by atoms with van der Waals surface area (Å²) >= 11 is 0. The fraction of sp³-hybridized carbons (Fsp3) is 0.250. The molecule has 0 fully saturated rings. The lowest BCUT2D eigenvalue weighted by Crippen LogP contribution is -2.14. The van der Waals surface area contributed by atoms with Crippen LogP contribution in [0.25, 0.3) is 0 Å². The molecule has 0 heterocycles. The molecule has 0 amide bonds. The average molecular weight is 270 g/mol. The zero-order valence-corrected chi connectivity index (χ0v) is 11.4. The van der Waals surface area contributed by atoms with Crippen LogP contribution in [0.15, 0.2) is 64.8 Å². The molecule has 1 N–H and O–H groups in total. The maximum Gasteiger partial charge on any atom is 0.197 e. The third-order valence-electron chi connectivity index (χ3n) is 2.68. The fourth-order valence-corrected chi connectivity index (χ4v) is 1.66. The highest BCUT2D eigenvalue weighted by atomic mass is 16.6. The highest BCUT2D eigenvalue weighted by Crippen LogP contribution is 2.21. The molecule has 2 rings (SSSR count). The molecule has 0 aliphatic heterocycles. The van der Waals surface area contributed by atoms with Crippen LogP contribution in [0.1, 0.15) is 19.8 Å². The number of aliphatic hydroxyl groups is 1. The molecule has 0 aromatic heterocycles. The van der Waals surface area contributed by atoms with Gasteiger partial charge < -0.3 is 9.84 Å². The molecule has 4 nitrogen and oxygen atoms in total. The van der Waals surface area contributed by atoms with Crippen LogP contribution in [0.2, 0.25) is 0 Å². The van der Waals surface area contributed by atoms with Gasteiger partial charge in [0.25, 0.3) is 0 Å². The first-order valence-electron chi connectivity index (χ1n) is 6.69. The van der Waals surface area contributed by atoms with Crippen LogP contribution in [0.5, 0.6) is 5.75 Å². The Labute approximate surface area is 118 Å². The van der Waals surface area contributed by atoms with Gasteiger partial charge >= 0.3 is 0 Å². The summed E-state index contributed by atoms with van der Waals surface area (Å²) in [5.74, 6) is 0.629. The molecule has 0 bridgehead atoms. The molecule has 2 aromatic carbocycles. The zero-order valence-electron chi connectivity index (χ0n) is 11.4. The van der Waals surface area contributed by atoms with Crippen LogP contribution >= 0.6 is 0 Å². The maximum atomic E-state index is 9.56. The normalized spacial score (nSPS) is 12.5. The summed E-state index contributed by atoms with van der Waals surface area (Å²) in [6, 6.07) is 16.7. The highest BCUT2D eigenvalue weighted by Gasteiger charge is 2.03. The van der Waals surface area contributed by atoms with Gasteiger partial charge in [-0.05, 0) is 36.4 Å². The van der Waals surface area contributed by atoms with Crippen molar-refractivity contribution in [2.24, 2.45) is 10.2 Å². The van der Waals surface area contributed by atoms with Gasteiger partial charge in [0.15, 0.2) is 6.29 Å². The van der Waals surface area contributed by atoms with E-state index in [4.69, 9.17) is 4.74 Å². The molecule has 2 aromatic rings. The van der Waals surface area contributed by atoms with Crippen LogP contribution in [0.3, 0.4) is 0 Å². The first kappa shape index (κ1) is 14.2. The Hall–Kier alpha value is -2.20. The minimum absolute atomic E-state index is 0.621. The lowest BCUT2D eigenvalue weighted by Gasteiger charge is -2.12. The Morgan fingerprint density at radius 3 is 2.15 bits per heavy atom. The van der Waals surface area contributed by atoms with E-state index in [0.717, 1.165) is 17.8 Å². The number of hydrogen-bond acceptors (Lipinski definition) is 4. The van der Waals surface area contributed by atoms with Crippen LogP contribution in [-0.4, -0.2) is 11.4 Å². The van der Waals surface area contributed by atoms with Crippen molar-refractivity contribution >= 4 is 11.4 Å². The lowest BCUT2D eigenvalue weighted by molar-refractivity contribution is -0.0232. The molecule has 0 spiro atoms. The third-order valence-corrected chi connectivity index (χ3v) is 2.68. The molecular weight excluding hydrogens is 252 g/mol. The van der Waals surface area contributed by atoms with E-state index in [1.807, 2.05) is 37.3 Å². The quantitative estimate of drug-likeness (QED) is 0.616. The number of hydrogen-bond donors (Lipinski definition) is 1. The van der Waals surface area contributed by atoms with Gasteiger partial charge in [-0.2, -0.15) is 10.2 Å². The molecular formula is C16H18N2O2. The van der Waals surface area contributed by atoms with Crippen LogP contribution < -0.4 is 4.74 Å². The number of aliphatic hydroxyl groups excluding tert-OH is 1. The number of benzene rings is 2. The van der Waals surface area contributed by atoms with E-state index in [2.05, 4.69) is 10.2 Å². The largest absolute Gasteiger partial charge is 0.465 e. The van der Waals surface area contributed by atoms with E-state index < -0.39 is 6.29 Å². The van der Waals surface area contributed by atoms with Crippen molar-refractivity contribution in [3.05, 3.63) is 54.6 Å². The summed E-state index contributed by atoms with van der Waals surface area (Å²) in [6.07, 6.45) is 0.747. The molecule has 1 atom stereocenters. The van der Waals surface area contributed by atoms with E-state index in [1.54, 1.807) is 24.3 Å². The molecule has 0 saturated heterocycles. The smallest absolute Gasteiger partial charge is 0.197 e. The van der Waals surface area contributed by atoms with Crippen molar-refractivity contribution in [3.63, 3.8) is 0 Å². The first-order valence-corrected chi connectivity index (χ1v) is 6.69. The van der Waals surface area contributed by atoms with Crippen molar-refractivity contribution < 1.29 is 9.84 Å². The summed E-state index contributed by atoms with van der Waals surface area (Å²) in [4.78, 5) is 0. The van der Waals surface area contributed by atoms with Gasteiger partial charge in [0.1, 0.15) is 5.75 Å². The second-order valence-electron chi connectivity index (χ2n) is 4.39. The Balaban J connectivity index is 1.96. The topological polar surface area (TPSA) is 54.2 Å². The second-order valence-corrected chi connectivity index (χ2v) is 4.39. The van der Waals surface area contributed by atoms with E-state index in [0.29, 0.717) is 12.2 Å². The van der Waals surface area contributed by atoms with Gasteiger partial charge in [0, 0.05) is 6.42 Å². The minimum Gasteiger partial charge on any atom is -0.465 e. The van der Waals surface area contributed by atoms with Crippen molar-refractivity contribution in [2.45, 2.75) is 26.1 Å². The Kier molecular flexibility index (Phi) is 5.26. The predicted molar refractivity (Wildman–Crippen MR) is 78.6 cm³/mol. The molecule has 4 heteroatoms. The number of rotatable bonds is 6. The summed E-state index contributed by atoms with van der Waals surface area (Å²) < 4.78 is 5.36. The number of ether oxygens (including phenoxy) is 1. The van der Waals surface area contributed by atoms with Crippen LogP contribution in [0, 0.1) is 0 Å². The van der Waals surface area contributed by atoms with Crippen molar-refractivity contribution in [1.82, 2.24) is 0 Å². The Morgan fingerprint density at radius 1 is 0.950 bits per heavy atom. The molecule has 20 heavy (non-hydrogen) atoms. The first-order chi connectivity index (χ1) is 9.78. The summed E-state index contributed by atoms with van der Waals surface area (Å²) in [7, 11) is 0. The van der Waals surface area contributed by atoms with Gasteiger partial charge in [-0.1, -0.05) is 31.5 Å². The fourth-order valence-electron chi connectivity index (χ4n) is 1.66. The monoisotopic (exact) mass is 270 g/mol. The average Bonchev–Trinajstić information content (AvgIpc) is 2.48.